The molecule has 0 heterocycles. The lowest BCUT2D eigenvalue weighted by molar-refractivity contribution is -0.121. The number of hydrogen-bond acceptors (Lipinski definition) is 3. The average Bonchev–Trinajstić information content (AvgIpc) is 2.35. The maximum Gasteiger partial charge on any atom is 0.402 e. The molecule has 5 nitrogen and oxygen atoms in total. The summed E-state index contributed by atoms with van der Waals surface area (Å²) >= 11 is 4.77. The molecule has 1 rings (SSSR count). The van der Waals surface area contributed by atoms with Gasteiger partial charge in [-0.25, -0.2) is 0 Å². The van der Waals surface area contributed by atoms with Gasteiger partial charge in [-0.3, -0.25) is 4.31 Å². The van der Waals surface area contributed by atoms with Gasteiger partial charge in [0.25, 0.3) is 0 Å². The molecule has 0 atom stereocenters. The third-order valence-corrected chi connectivity index (χ3v) is 3.97. The summed E-state index contributed by atoms with van der Waals surface area (Å²) < 4.78 is 61.9. The Labute approximate surface area is 119 Å². The fraction of sp³-hybridized carbons (Fsp3) is 0.300. The van der Waals surface area contributed by atoms with Crippen LogP contribution in [0.5, 0.6) is 0 Å². The first-order valence-electron chi connectivity index (χ1n) is 5.24. The zero-order valence-electron chi connectivity index (χ0n) is 10.3. The van der Waals surface area contributed by atoms with Crippen molar-refractivity contribution in [1.29, 1.82) is 0 Å². The van der Waals surface area contributed by atoms with E-state index in [4.69, 9.17) is 18.0 Å². The molecule has 0 aromatic heterocycles. The lowest BCUT2D eigenvalue weighted by atomic mass is 10.2. The minimum absolute atomic E-state index is 0.0570. The molecule has 10 heteroatoms. The zero-order valence-corrected chi connectivity index (χ0v) is 11.9. The topological polar surface area (TPSA) is 75.4 Å². The van der Waals surface area contributed by atoms with Crippen LogP contribution < -0.4 is 14.8 Å². The lowest BCUT2D eigenvalue weighted by Gasteiger charge is -2.22. The van der Waals surface area contributed by atoms with E-state index in [1.807, 2.05) is 0 Å². The van der Waals surface area contributed by atoms with Gasteiger partial charge in [0.1, 0.15) is 11.5 Å². The molecule has 0 aliphatic heterocycles. The molecule has 0 saturated carbocycles. The van der Waals surface area contributed by atoms with Crippen molar-refractivity contribution in [3.63, 3.8) is 0 Å². The molecule has 20 heavy (non-hydrogen) atoms. The fourth-order valence-electron chi connectivity index (χ4n) is 1.36. The number of para-hydroxylation sites is 1. The minimum Gasteiger partial charge on any atom is -0.389 e. The first-order chi connectivity index (χ1) is 9.04. The summed E-state index contributed by atoms with van der Waals surface area (Å²) in [5.74, 6) is 0. The Morgan fingerprint density at radius 3 is 2.45 bits per heavy atom. The monoisotopic (exact) mass is 327 g/mol. The fourth-order valence-corrected chi connectivity index (χ4v) is 2.49. The van der Waals surface area contributed by atoms with Gasteiger partial charge < -0.3 is 5.73 Å². The molecule has 112 valence electrons. The van der Waals surface area contributed by atoms with Crippen LogP contribution in [0.3, 0.4) is 0 Å². The molecule has 0 saturated heterocycles. The maximum atomic E-state index is 12.1. The number of thiocarbonyl (C=S) groups is 1. The number of nitrogens with one attached hydrogen (secondary N) is 1. The van der Waals surface area contributed by atoms with Crippen molar-refractivity contribution >= 4 is 33.1 Å². The van der Waals surface area contributed by atoms with Gasteiger partial charge in [-0.15, -0.1) is 0 Å². The van der Waals surface area contributed by atoms with Gasteiger partial charge in [0.05, 0.1) is 5.69 Å². The van der Waals surface area contributed by atoms with Crippen LogP contribution in [0.4, 0.5) is 18.9 Å². The summed E-state index contributed by atoms with van der Waals surface area (Å²) in [5.41, 5.74) is 5.79. The highest BCUT2D eigenvalue weighted by Crippen LogP contribution is 2.21. The highest BCUT2D eigenvalue weighted by atomic mass is 32.2. The number of anilines is 1. The SMILES string of the molecule is CN(c1ccccc1C(N)=S)S(=O)(=O)NCC(F)(F)F. The van der Waals surface area contributed by atoms with E-state index in [9.17, 15) is 21.6 Å². The molecule has 0 spiro atoms. The quantitative estimate of drug-likeness (QED) is 0.796. The van der Waals surface area contributed by atoms with E-state index in [1.54, 1.807) is 6.07 Å². The summed E-state index contributed by atoms with van der Waals surface area (Å²) in [6.45, 7) is -1.66. The molecular formula is C10H12F3N3O2S2. The van der Waals surface area contributed by atoms with Gasteiger partial charge in [0.2, 0.25) is 0 Å². The van der Waals surface area contributed by atoms with E-state index >= 15 is 0 Å². The van der Waals surface area contributed by atoms with Crippen LogP contribution in [-0.4, -0.2) is 33.2 Å². The average molecular weight is 327 g/mol. The molecule has 0 aliphatic carbocycles. The molecule has 1 aromatic rings. The summed E-state index contributed by atoms with van der Waals surface area (Å²) in [6.07, 6.45) is -4.64. The van der Waals surface area contributed by atoms with Crippen LogP contribution in [0.25, 0.3) is 0 Å². The van der Waals surface area contributed by atoms with E-state index in [2.05, 4.69) is 0 Å². The maximum absolute atomic E-state index is 12.1. The van der Waals surface area contributed by atoms with Crippen molar-refractivity contribution < 1.29 is 21.6 Å². The van der Waals surface area contributed by atoms with Crippen LogP contribution in [0, 0.1) is 0 Å². The van der Waals surface area contributed by atoms with Gasteiger partial charge in [0, 0.05) is 12.6 Å². The Kier molecular flexibility index (Phi) is 4.95. The van der Waals surface area contributed by atoms with Gasteiger partial charge >= 0.3 is 16.4 Å². The number of nitrogens with two attached hydrogens (primary N) is 1. The van der Waals surface area contributed by atoms with E-state index in [1.165, 1.54) is 22.9 Å². The van der Waals surface area contributed by atoms with Crippen molar-refractivity contribution in [2.75, 3.05) is 17.9 Å². The number of nitrogens with zero attached hydrogens (tertiary/aromatic N) is 1. The number of rotatable bonds is 5. The largest absolute Gasteiger partial charge is 0.402 e. The molecule has 0 radical (unpaired) electrons. The second kappa shape index (κ2) is 5.94. The van der Waals surface area contributed by atoms with Crippen molar-refractivity contribution in [2.45, 2.75) is 6.18 Å². The van der Waals surface area contributed by atoms with Crippen LogP contribution in [0.2, 0.25) is 0 Å². The highest BCUT2D eigenvalue weighted by Gasteiger charge is 2.31. The highest BCUT2D eigenvalue weighted by molar-refractivity contribution is 7.90. The lowest BCUT2D eigenvalue weighted by Crippen LogP contribution is -2.43. The van der Waals surface area contributed by atoms with E-state index in [-0.39, 0.29) is 16.2 Å². The van der Waals surface area contributed by atoms with Crippen molar-refractivity contribution in [3.8, 4) is 0 Å². The summed E-state index contributed by atoms with van der Waals surface area (Å²) in [5, 5.41) is 0. The first kappa shape index (κ1) is 16.7. The second-order valence-corrected chi connectivity index (χ2v) is 6.02. The van der Waals surface area contributed by atoms with Crippen molar-refractivity contribution in [1.82, 2.24) is 4.72 Å². The second-order valence-electron chi connectivity index (χ2n) is 3.79. The van der Waals surface area contributed by atoms with E-state index in [0.29, 0.717) is 4.31 Å². The Bertz CT molecular complexity index is 602. The molecule has 1 aromatic carbocycles. The third kappa shape index (κ3) is 4.32. The normalized spacial score (nSPS) is 12.2. The molecule has 0 unspecified atom stereocenters. The number of alkyl halides is 3. The number of halogens is 3. The Balaban J connectivity index is 3.06. The van der Waals surface area contributed by atoms with Crippen LogP contribution >= 0.6 is 12.2 Å². The summed E-state index contributed by atoms with van der Waals surface area (Å²) in [7, 11) is -3.25. The molecule has 0 bridgehead atoms. The van der Waals surface area contributed by atoms with Gasteiger partial charge in [-0.05, 0) is 12.1 Å². The molecule has 0 fully saturated rings. The predicted octanol–water partition coefficient (Wildman–Crippen LogP) is 1.15. The van der Waals surface area contributed by atoms with Crippen LogP contribution in [0.1, 0.15) is 5.56 Å². The van der Waals surface area contributed by atoms with E-state index in [0.717, 1.165) is 7.05 Å². The van der Waals surface area contributed by atoms with Gasteiger partial charge in [-0.1, -0.05) is 24.4 Å². The Morgan fingerprint density at radius 1 is 1.40 bits per heavy atom. The van der Waals surface area contributed by atoms with E-state index < -0.39 is 22.9 Å². The molecule has 3 N–H and O–H groups in total. The molecular weight excluding hydrogens is 315 g/mol. The number of benzene rings is 1. The van der Waals surface area contributed by atoms with Crippen molar-refractivity contribution in [3.05, 3.63) is 29.8 Å². The predicted molar refractivity (Wildman–Crippen MR) is 73.7 cm³/mol. The van der Waals surface area contributed by atoms with Crippen LogP contribution in [0.15, 0.2) is 24.3 Å². The Hall–Kier alpha value is -1.39. The smallest absolute Gasteiger partial charge is 0.389 e. The minimum atomic E-state index is -4.64. The summed E-state index contributed by atoms with van der Waals surface area (Å²) in [4.78, 5) is -0.0570. The first-order valence-corrected chi connectivity index (χ1v) is 7.08. The third-order valence-electron chi connectivity index (χ3n) is 2.32. The molecule has 0 aliphatic rings. The van der Waals surface area contributed by atoms with Crippen LogP contribution in [-0.2, 0) is 10.2 Å². The standard InChI is InChI=1S/C10H12F3N3O2S2/c1-16(20(17,18)15-6-10(11,12)13)8-5-3-2-4-7(8)9(14)19/h2-5,15H,6H2,1H3,(H2,14,19). The summed E-state index contributed by atoms with van der Waals surface area (Å²) in [6, 6.07) is 5.98. The van der Waals surface area contributed by atoms with Gasteiger partial charge in [0.15, 0.2) is 0 Å². The van der Waals surface area contributed by atoms with Gasteiger partial charge in [-0.2, -0.15) is 26.3 Å². The molecule has 0 amide bonds. The Morgan fingerprint density at radius 2 is 1.95 bits per heavy atom. The van der Waals surface area contributed by atoms with Crippen molar-refractivity contribution in [2.24, 2.45) is 5.73 Å². The number of hydrogen-bond donors (Lipinski definition) is 2. The zero-order chi connectivity index (χ0) is 15.6.